The molecule has 10 atom stereocenters. The van der Waals surface area contributed by atoms with Crippen molar-refractivity contribution in [2.45, 2.75) is 49.1 Å². The molecule has 22 nitrogen and oxygen atoms in total. The summed E-state index contributed by atoms with van der Waals surface area (Å²) in [4.78, 5) is 47.8. The molecule has 10 unspecified atom stereocenters. The van der Waals surface area contributed by atoms with Gasteiger partial charge in [-0.25, -0.2) is 19.3 Å². The molecule has 0 radical (unpaired) electrons. The Balaban J connectivity index is 0.00000288. The second-order valence-corrected chi connectivity index (χ2v) is 12.6. The zero-order valence-corrected chi connectivity index (χ0v) is 27.4. The Bertz CT molecular complexity index is 1640. The van der Waals surface area contributed by atoms with E-state index in [9.17, 15) is 44.1 Å². The Kier molecular flexibility index (Phi) is 12.5. The van der Waals surface area contributed by atoms with E-state index in [-0.39, 0.29) is 57.6 Å². The van der Waals surface area contributed by atoms with Crippen LogP contribution in [0.3, 0.4) is 0 Å². The van der Waals surface area contributed by atoms with Crippen molar-refractivity contribution in [1.29, 1.82) is 0 Å². The van der Waals surface area contributed by atoms with Gasteiger partial charge in [-0.15, -0.1) is 0 Å². The fourth-order valence-electron chi connectivity index (χ4n) is 4.56. The molecule has 0 spiro atoms. The molecular weight excluding hydrogens is 675 g/mol. The van der Waals surface area contributed by atoms with Crippen LogP contribution in [0.5, 0.6) is 0 Å². The van der Waals surface area contributed by atoms with E-state index in [1.165, 1.54) is 40.0 Å². The number of nitrogens with two attached hydrogens (primary N) is 2. The van der Waals surface area contributed by atoms with Crippen LogP contribution in [0.4, 0.5) is 5.82 Å². The second-order valence-electron chi connectivity index (χ2n) is 9.65. The van der Waals surface area contributed by atoms with Crippen LogP contribution in [0.25, 0.3) is 11.2 Å². The Morgan fingerprint density at radius 1 is 1.00 bits per heavy atom. The molecule has 5 rings (SSSR count). The maximum Gasteiger partial charge on any atom is 1.00 e. The average Bonchev–Trinajstić information content (AvgIpc) is 3.61. The van der Waals surface area contributed by atoms with Gasteiger partial charge in [0.15, 0.2) is 36.2 Å². The summed E-state index contributed by atoms with van der Waals surface area (Å²) in [5.74, 6) is -0.743. The van der Waals surface area contributed by atoms with Crippen molar-refractivity contribution < 1.29 is 107 Å². The number of phosphoric ester groups is 2. The number of nitrogen functional groups attached to an aromatic ring is 1. The summed E-state index contributed by atoms with van der Waals surface area (Å²) in [5, 5.41) is 41.5. The molecule has 0 bridgehead atoms. The molecule has 0 aromatic carbocycles. The Morgan fingerprint density at radius 3 is 2.24 bits per heavy atom. The van der Waals surface area contributed by atoms with Crippen molar-refractivity contribution in [2.75, 3.05) is 18.9 Å². The number of fused-ring (bicyclic) bond motifs is 1. The molecule has 46 heavy (non-hydrogen) atoms. The van der Waals surface area contributed by atoms with Crippen LogP contribution in [-0.4, -0.2) is 101 Å². The molecule has 25 heteroatoms. The molecule has 2 aliphatic rings. The first kappa shape index (κ1) is 38.4. The second kappa shape index (κ2) is 15.0. The number of imidazole rings is 1. The van der Waals surface area contributed by atoms with E-state index in [0.717, 1.165) is 6.33 Å². The van der Waals surface area contributed by atoms with Crippen molar-refractivity contribution >= 4 is 38.5 Å². The van der Waals surface area contributed by atoms with Gasteiger partial charge >= 0.3 is 29.6 Å². The van der Waals surface area contributed by atoms with Crippen LogP contribution in [-0.2, 0) is 32.0 Å². The molecule has 1 amide bonds. The first-order valence-electron chi connectivity index (χ1n) is 12.6. The predicted octanol–water partition coefficient (Wildman–Crippen LogP) is -8.10. The monoisotopic (exact) mass is 703 g/mol. The van der Waals surface area contributed by atoms with Gasteiger partial charge in [-0.05, 0) is 6.07 Å². The summed E-state index contributed by atoms with van der Waals surface area (Å²) in [6.07, 6.45) is -7.26. The van der Waals surface area contributed by atoms with Crippen LogP contribution in [0.2, 0.25) is 0 Å². The number of carbonyl (C=O) groups is 1. The topological polar surface area (TPSA) is 355 Å². The third-order valence-electron chi connectivity index (χ3n) is 6.73. The molecular formula is C21H28N7NaO15P2. The fourth-order valence-corrected chi connectivity index (χ4v) is 6.58. The molecule has 0 saturated carbocycles. The van der Waals surface area contributed by atoms with Crippen LogP contribution < -0.4 is 55.4 Å². The Labute approximate surface area is 280 Å². The molecule has 3 aromatic rings. The zero-order chi connectivity index (χ0) is 32.0. The number of aromatic nitrogens is 5. The third-order valence-corrected chi connectivity index (χ3v) is 9.26. The van der Waals surface area contributed by atoms with Crippen LogP contribution in [0.1, 0.15) is 22.8 Å². The van der Waals surface area contributed by atoms with Crippen LogP contribution >= 0.6 is 15.6 Å². The normalized spacial score (nSPS) is 30.2. The minimum atomic E-state index is -5.68. The third kappa shape index (κ3) is 8.14. The molecule has 2 fully saturated rings. The number of hydrogen-bond donors (Lipinski definition) is 6. The Hall–Kier alpha value is -2.05. The van der Waals surface area contributed by atoms with E-state index >= 15 is 0 Å². The van der Waals surface area contributed by atoms with Crippen molar-refractivity contribution in [3.63, 3.8) is 0 Å². The van der Waals surface area contributed by atoms with Gasteiger partial charge in [0.05, 0.1) is 19.5 Å². The van der Waals surface area contributed by atoms with Gasteiger partial charge in [-0.3, -0.25) is 18.5 Å². The quantitative estimate of drug-likeness (QED) is 0.0613. The Morgan fingerprint density at radius 2 is 1.61 bits per heavy atom. The van der Waals surface area contributed by atoms with E-state index in [0.29, 0.717) is 0 Å². The number of ether oxygens (including phenoxy) is 2. The van der Waals surface area contributed by atoms with Crippen LogP contribution in [0, 0.1) is 0 Å². The van der Waals surface area contributed by atoms with Gasteiger partial charge in [-0.2, -0.15) is 4.57 Å². The van der Waals surface area contributed by atoms with E-state index in [2.05, 4.69) is 28.3 Å². The number of rotatable bonds is 11. The van der Waals surface area contributed by atoms with E-state index in [1.54, 1.807) is 0 Å². The number of nitrogens with zero attached hydrogens (tertiary/aromatic N) is 5. The summed E-state index contributed by atoms with van der Waals surface area (Å²) in [5.41, 5.74) is 11.3. The smallest absolute Gasteiger partial charge is 0.756 e. The van der Waals surface area contributed by atoms with Gasteiger partial charge in [-0.1, -0.05) is 0 Å². The van der Waals surface area contributed by atoms with Crippen molar-refractivity contribution in [2.24, 2.45) is 5.73 Å². The predicted molar refractivity (Wildman–Crippen MR) is 139 cm³/mol. The van der Waals surface area contributed by atoms with Crippen molar-refractivity contribution in [3.8, 4) is 0 Å². The molecule has 248 valence electrons. The molecule has 2 saturated heterocycles. The van der Waals surface area contributed by atoms with E-state index in [4.69, 9.17) is 20.9 Å². The summed E-state index contributed by atoms with van der Waals surface area (Å²) < 4.78 is 51.1. The SMILES string of the molecule is NC(=O)c1ccc[n+](C2OC(COP(=O)([O-])OP(=O)([O-])OCC3OC(n4cnc5c(N)ncnc54)C(O)C3O)C(O)C2O)c1.O.[Na+]. The van der Waals surface area contributed by atoms with E-state index in [1.807, 2.05) is 0 Å². The standard InChI is InChI=1S/C21H27N7O14P2.Na.H2O/c22-17-12-19(25-7-24-17)28(8-26-12)21-16(32)14(30)11(41-21)6-39-44(36,37)42-43(34,35)38-5-10-13(29)15(31)20(40-10)27-3-1-2-9(4-27)18(23)33;;/h1-4,7-8,10-11,13-16,20-21,29-32H,5-6H2,(H5-,22,23,24,25,33,34,35,36,37);;1H2/q;+1;/p-1. The zero-order valence-electron chi connectivity index (χ0n) is 23.7. The number of aliphatic hydroxyl groups excluding tert-OH is 4. The minimum Gasteiger partial charge on any atom is -0.756 e. The van der Waals surface area contributed by atoms with Gasteiger partial charge in [0, 0.05) is 6.07 Å². The van der Waals surface area contributed by atoms with Crippen molar-refractivity contribution in [1.82, 2.24) is 19.5 Å². The molecule has 0 aliphatic carbocycles. The number of primary amides is 1. The molecule has 2 aliphatic heterocycles. The molecule has 5 heterocycles. The summed E-state index contributed by atoms with van der Waals surface area (Å²) in [6, 6.07) is 2.80. The summed E-state index contributed by atoms with van der Waals surface area (Å²) in [7, 11) is -11.4. The van der Waals surface area contributed by atoms with Gasteiger partial charge < -0.3 is 65.7 Å². The van der Waals surface area contributed by atoms with Crippen LogP contribution in [0.15, 0.2) is 37.2 Å². The van der Waals surface area contributed by atoms with Gasteiger partial charge in [0.2, 0.25) is 0 Å². The van der Waals surface area contributed by atoms with Gasteiger partial charge in [0.1, 0.15) is 47.9 Å². The number of aliphatic hydroxyl groups is 4. The molecule has 3 aromatic heterocycles. The fraction of sp³-hybridized carbons (Fsp3) is 0.476. The van der Waals surface area contributed by atoms with Gasteiger partial charge in [0.25, 0.3) is 27.8 Å². The number of carbonyl (C=O) groups excluding carboxylic acids is 1. The van der Waals surface area contributed by atoms with Crippen molar-refractivity contribution in [3.05, 3.63) is 42.7 Å². The first-order valence-corrected chi connectivity index (χ1v) is 15.5. The number of phosphoric acid groups is 2. The van der Waals surface area contributed by atoms with E-state index < -0.39 is 83.8 Å². The number of anilines is 1. The summed E-state index contributed by atoms with van der Waals surface area (Å²) >= 11 is 0. The summed E-state index contributed by atoms with van der Waals surface area (Å²) in [6.45, 7) is -1.98. The number of pyridine rings is 1. The largest absolute Gasteiger partial charge is 1.00 e. The first-order chi connectivity index (χ1) is 20.7. The minimum absolute atomic E-state index is 0. The number of amides is 1. The number of hydrogen-bond acceptors (Lipinski definition) is 18. The maximum atomic E-state index is 12.3. The average molecular weight is 703 g/mol. The maximum absolute atomic E-state index is 12.3. The molecule has 10 N–H and O–H groups in total.